The van der Waals surface area contributed by atoms with E-state index in [0.29, 0.717) is 5.57 Å². The zero-order valence-electron chi connectivity index (χ0n) is 7.62. The van der Waals surface area contributed by atoms with E-state index in [9.17, 15) is 0 Å². The number of allylic oxidation sites excluding steroid dienone is 5. The SMILES string of the molecule is C=C/C=C(C#N)\C=C\CC.CO. The Bertz CT molecular complexity index is 196. The molecular weight excluding hydrogens is 150 g/mol. The van der Waals surface area contributed by atoms with E-state index in [0.717, 1.165) is 13.5 Å². The van der Waals surface area contributed by atoms with Gasteiger partial charge in [0, 0.05) is 7.11 Å². The number of rotatable bonds is 3. The van der Waals surface area contributed by atoms with Crippen molar-refractivity contribution in [3.05, 3.63) is 36.5 Å². The molecule has 0 atom stereocenters. The molecule has 2 nitrogen and oxygen atoms in total. The monoisotopic (exact) mass is 165 g/mol. The molecule has 0 aliphatic rings. The summed E-state index contributed by atoms with van der Waals surface area (Å²) >= 11 is 0. The largest absolute Gasteiger partial charge is 0.400 e. The van der Waals surface area contributed by atoms with Crippen LogP contribution in [0.5, 0.6) is 0 Å². The van der Waals surface area contributed by atoms with E-state index in [1.54, 1.807) is 18.2 Å². The Labute approximate surface area is 74.1 Å². The van der Waals surface area contributed by atoms with Crippen LogP contribution < -0.4 is 0 Å². The van der Waals surface area contributed by atoms with E-state index in [4.69, 9.17) is 10.4 Å². The van der Waals surface area contributed by atoms with Gasteiger partial charge in [-0.3, -0.25) is 0 Å². The molecule has 0 aromatic carbocycles. The third-order valence-corrected chi connectivity index (χ3v) is 0.960. The van der Waals surface area contributed by atoms with Gasteiger partial charge in [0.15, 0.2) is 0 Å². The summed E-state index contributed by atoms with van der Waals surface area (Å²) in [6.07, 6.45) is 7.99. The van der Waals surface area contributed by atoms with Gasteiger partial charge >= 0.3 is 0 Å². The molecule has 66 valence electrons. The molecule has 1 N–H and O–H groups in total. The molecule has 0 saturated carbocycles. The van der Waals surface area contributed by atoms with E-state index < -0.39 is 0 Å². The Hall–Kier alpha value is -1.33. The number of nitriles is 1. The lowest BCUT2D eigenvalue weighted by Gasteiger charge is -1.82. The van der Waals surface area contributed by atoms with Gasteiger partial charge in [-0.2, -0.15) is 5.26 Å². The summed E-state index contributed by atoms with van der Waals surface area (Å²) < 4.78 is 0. The smallest absolute Gasteiger partial charge is 0.0991 e. The van der Waals surface area contributed by atoms with Gasteiger partial charge in [-0.1, -0.05) is 25.7 Å². The number of aliphatic hydroxyl groups excluding tert-OH is 1. The second kappa shape index (κ2) is 12.4. The van der Waals surface area contributed by atoms with Crippen LogP contribution >= 0.6 is 0 Å². The van der Waals surface area contributed by atoms with Gasteiger partial charge in [-0.15, -0.1) is 0 Å². The lowest BCUT2D eigenvalue weighted by molar-refractivity contribution is 0.399. The summed E-state index contributed by atoms with van der Waals surface area (Å²) in [5, 5.41) is 15.5. The minimum atomic E-state index is 0.650. The lowest BCUT2D eigenvalue weighted by Crippen LogP contribution is -1.68. The molecular formula is C10H15NO. The van der Waals surface area contributed by atoms with Crippen LogP contribution in [0.2, 0.25) is 0 Å². The third kappa shape index (κ3) is 8.67. The highest BCUT2D eigenvalue weighted by molar-refractivity contribution is 5.35. The molecule has 0 amide bonds. The molecule has 0 bridgehead atoms. The Morgan fingerprint density at radius 1 is 1.58 bits per heavy atom. The molecule has 0 aliphatic heterocycles. The number of hydrogen-bond acceptors (Lipinski definition) is 2. The second-order valence-corrected chi connectivity index (χ2v) is 1.78. The minimum Gasteiger partial charge on any atom is -0.400 e. The van der Waals surface area contributed by atoms with Crippen LogP contribution in [0.4, 0.5) is 0 Å². The molecule has 12 heavy (non-hydrogen) atoms. The molecule has 0 unspecified atom stereocenters. The number of aliphatic hydroxyl groups is 1. The van der Waals surface area contributed by atoms with Crippen molar-refractivity contribution in [1.82, 2.24) is 0 Å². The summed E-state index contributed by atoms with van der Waals surface area (Å²) in [7, 11) is 1.00. The Kier molecular flexibility index (Phi) is 13.7. The molecule has 0 fully saturated rings. The predicted molar refractivity (Wildman–Crippen MR) is 51.5 cm³/mol. The van der Waals surface area contributed by atoms with Gasteiger partial charge in [0.2, 0.25) is 0 Å². The van der Waals surface area contributed by atoms with Crippen molar-refractivity contribution in [3.8, 4) is 6.07 Å². The molecule has 0 aromatic heterocycles. The van der Waals surface area contributed by atoms with E-state index in [-0.39, 0.29) is 0 Å². The molecule has 0 saturated heterocycles. The van der Waals surface area contributed by atoms with Gasteiger partial charge in [0.25, 0.3) is 0 Å². The first-order valence-corrected chi connectivity index (χ1v) is 3.69. The van der Waals surface area contributed by atoms with Crippen molar-refractivity contribution in [2.45, 2.75) is 13.3 Å². The van der Waals surface area contributed by atoms with Crippen molar-refractivity contribution in [1.29, 1.82) is 5.26 Å². The fourth-order valence-corrected chi connectivity index (χ4v) is 0.502. The first-order valence-electron chi connectivity index (χ1n) is 3.69. The van der Waals surface area contributed by atoms with Crippen LogP contribution in [0.15, 0.2) is 36.5 Å². The summed E-state index contributed by atoms with van der Waals surface area (Å²) in [6, 6.07) is 2.04. The third-order valence-electron chi connectivity index (χ3n) is 0.960. The highest BCUT2D eigenvalue weighted by Gasteiger charge is 1.81. The topological polar surface area (TPSA) is 44.0 Å². The average Bonchev–Trinajstić information content (AvgIpc) is 2.15. The first-order chi connectivity index (χ1) is 5.85. The van der Waals surface area contributed by atoms with Crippen molar-refractivity contribution >= 4 is 0 Å². The van der Waals surface area contributed by atoms with Crippen LogP contribution in [0, 0.1) is 11.3 Å². The maximum Gasteiger partial charge on any atom is 0.0991 e. The Balaban J connectivity index is 0. The van der Waals surface area contributed by atoms with Gasteiger partial charge in [0.05, 0.1) is 11.6 Å². The molecule has 0 spiro atoms. The normalized spacial score (nSPS) is 10.0. The highest BCUT2D eigenvalue weighted by Crippen LogP contribution is 1.95. The fraction of sp³-hybridized carbons (Fsp3) is 0.300. The summed E-state index contributed by atoms with van der Waals surface area (Å²) in [6.45, 7) is 5.52. The van der Waals surface area contributed by atoms with E-state index >= 15 is 0 Å². The van der Waals surface area contributed by atoms with Crippen molar-refractivity contribution in [3.63, 3.8) is 0 Å². The summed E-state index contributed by atoms with van der Waals surface area (Å²) in [5.74, 6) is 0. The Morgan fingerprint density at radius 2 is 2.17 bits per heavy atom. The van der Waals surface area contributed by atoms with E-state index in [1.165, 1.54) is 0 Å². The van der Waals surface area contributed by atoms with Crippen LogP contribution in [0.1, 0.15) is 13.3 Å². The van der Waals surface area contributed by atoms with Crippen LogP contribution in [-0.2, 0) is 0 Å². The molecule has 0 rings (SSSR count). The maximum absolute atomic E-state index is 8.47. The van der Waals surface area contributed by atoms with Crippen molar-refractivity contribution < 1.29 is 5.11 Å². The van der Waals surface area contributed by atoms with Gasteiger partial charge in [-0.05, 0) is 18.6 Å². The zero-order chi connectivity index (χ0) is 9.82. The molecule has 0 aliphatic carbocycles. The first kappa shape index (κ1) is 13.3. The zero-order valence-corrected chi connectivity index (χ0v) is 7.62. The Morgan fingerprint density at radius 3 is 2.50 bits per heavy atom. The van der Waals surface area contributed by atoms with Gasteiger partial charge in [-0.25, -0.2) is 0 Å². The number of hydrogen-bond donors (Lipinski definition) is 1. The van der Waals surface area contributed by atoms with E-state index in [1.807, 2.05) is 19.1 Å². The maximum atomic E-state index is 8.47. The van der Waals surface area contributed by atoms with Gasteiger partial charge < -0.3 is 5.11 Å². The second-order valence-electron chi connectivity index (χ2n) is 1.78. The van der Waals surface area contributed by atoms with Crippen LogP contribution in [0.25, 0.3) is 0 Å². The van der Waals surface area contributed by atoms with E-state index in [2.05, 4.69) is 6.58 Å². The standard InChI is InChI=1S/C9H11N.CH4O/c1-3-5-7-9(8-10)6-4-2;1-2/h4-7H,2-3H2,1H3;2H,1H3/b7-5+,9-6+;. The molecule has 0 aromatic rings. The molecule has 0 heterocycles. The molecule has 0 radical (unpaired) electrons. The van der Waals surface area contributed by atoms with Gasteiger partial charge in [0.1, 0.15) is 0 Å². The quantitative estimate of drug-likeness (QED) is 0.514. The number of nitrogens with zero attached hydrogens (tertiary/aromatic N) is 1. The minimum absolute atomic E-state index is 0.650. The van der Waals surface area contributed by atoms with Crippen LogP contribution in [-0.4, -0.2) is 12.2 Å². The lowest BCUT2D eigenvalue weighted by atomic mass is 10.2. The summed E-state index contributed by atoms with van der Waals surface area (Å²) in [5.41, 5.74) is 0.650. The fourth-order valence-electron chi connectivity index (χ4n) is 0.502. The van der Waals surface area contributed by atoms with Crippen molar-refractivity contribution in [2.75, 3.05) is 7.11 Å². The molecule has 2 heteroatoms. The highest BCUT2D eigenvalue weighted by atomic mass is 16.2. The predicted octanol–water partition coefficient (Wildman–Crippen LogP) is 2.20. The van der Waals surface area contributed by atoms with Crippen molar-refractivity contribution in [2.24, 2.45) is 0 Å². The average molecular weight is 165 g/mol. The van der Waals surface area contributed by atoms with Crippen LogP contribution in [0.3, 0.4) is 0 Å². The summed E-state index contributed by atoms with van der Waals surface area (Å²) in [4.78, 5) is 0.